The molecular weight excluding hydrogens is 296 g/mol. The van der Waals surface area contributed by atoms with Crippen LogP contribution in [0.25, 0.3) is 0 Å². The zero-order valence-electron chi connectivity index (χ0n) is 12.5. The van der Waals surface area contributed by atoms with Gasteiger partial charge in [-0.1, -0.05) is 23.8 Å². The molecule has 2 aromatic carbocycles. The minimum Gasteiger partial charge on any atom is -0.480 e. The van der Waals surface area contributed by atoms with Gasteiger partial charge >= 0.3 is 5.97 Å². The minimum atomic E-state index is -1.12. The average molecular weight is 312 g/mol. The maximum atomic E-state index is 12.1. The van der Waals surface area contributed by atoms with Gasteiger partial charge in [-0.25, -0.2) is 0 Å². The number of amides is 2. The quantitative estimate of drug-likeness (QED) is 0.787. The molecule has 0 aromatic heterocycles. The molecular formula is C17H16N2O4. The van der Waals surface area contributed by atoms with E-state index in [-0.39, 0.29) is 11.5 Å². The fourth-order valence-corrected chi connectivity index (χ4v) is 1.90. The fourth-order valence-electron chi connectivity index (χ4n) is 1.90. The lowest BCUT2D eigenvalue weighted by Gasteiger charge is -2.08. The second-order valence-electron chi connectivity index (χ2n) is 4.98. The van der Waals surface area contributed by atoms with Crippen molar-refractivity contribution in [1.82, 2.24) is 5.32 Å². The highest BCUT2D eigenvalue weighted by Crippen LogP contribution is 2.13. The number of carboxylic acids is 1. The summed E-state index contributed by atoms with van der Waals surface area (Å²) in [6, 6.07) is 13.4. The number of nitrogens with one attached hydrogen (secondary N) is 2. The average Bonchev–Trinajstić information content (AvgIpc) is 2.53. The summed E-state index contributed by atoms with van der Waals surface area (Å²) < 4.78 is 0. The van der Waals surface area contributed by atoms with Crippen molar-refractivity contribution < 1.29 is 19.5 Å². The van der Waals surface area contributed by atoms with E-state index in [9.17, 15) is 14.4 Å². The molecule has 0 bridgehead atoms. The first kappa shape index (κ1) is 16.2. The Morgan fingerprint density at radius 2 is 1.65 bits per heavy atom. The Hall–Kier alpha value is -3.15. The lowest BCUT2D eigenvalue weighted by Crippen LogP contribution is -2.29. The van der Waals surface area contributed by atoms with Crippen LogP contribution in [0.15, 0.2) is 48.5 Å². The van der Waals surface area contributed by atoms with Gasteiger partial charge in [-0.15, -0.1) is 0 Å². The predicted molar refractivity (Wildman–Crippen MR) is 85.5 cm³/mol. The summed E-state index contributed by atoms with van der Waals surface area (Å²) in [7, 11) is 0. The SMILES string of the molecule is Cc1ccc(C(=O)Nc2cccc(C(=O)NCC(=O)O)c2)cc1. The number of rotatable bonds is 5. The standard InChI is InChI=1S/C17H16N2O4/c1-11-5-7-12(8-6-11)17(23)19-14-4-2-3-13(9-14)16(22)18-10-15(20)21/h2-9H,10H2,1H3,(H,18,22)(H,19,23)(H,20,21). The molecule has 0 saturated heterocycles. The molecule has 0 radical (unpaired) electrons. The number of anilines is 1. The summed E-state index contributed by atoms with van der Waals surface area (Å²) in [6.07, 6.45) is 0. The molecule has 23 heavy (non-hydrogen) atoms. The van der Waals surface area contributed by atoms with Crippen molar-refractivity contribution in [1.29, 1.82) is 0 Å². The molecule has 6 heteroatoms. The number of hydrogen-bond donors (Lipinski definition) is 3. The summed E-state index contributed by atoms with van der Waals surface area (Å²) in [5, 5.41) is 13.5. The highest BCUT2D eigenvalue weighted by Gasteiger charge is 2.10. The second-order valence-corrected chi connectivity index (χ2v) is 4.98. The van der Waals surface area contributed by atoms with E-state index in [1.807, 2.05) is 19.1 Å². The number of carboxylic acid groups (broad SMARTS) is 1. The minimum absolute atomic E-state index is 0.271. The lowest BCUT2D eigenvalue weighted by atomic mass is 10.1. The molecule has 0 saturated carbocycles. The van der Waals surface area contributed by atoms with Gasteiger partial charge in [-0.2, -0.15) is 0 Å². The molecule has 0 aliphatic heterocycles. The highest BCUT2D eigenvalue weighted by molar-refractivity contribution is 6.05. The first-order valence-corrected chi connectivity index (χ1v) is 6.94. The molecule has 2 aromatic rings. The van der Waals surface area contributed by atoms with Gasteiger partial charge in [-0.05, 0) is 37.3 Å². The summed E-state index contributed by atoms with van der Waals surface area (Å²) in [6.45, 7) is 1.47. The van der Waals surface area contributed by atoms with Crippen LogP contribution in [0.2, 0.25) is 0 Å². The van der Waals surface area contributed by atoms with Crippen LogP contribution in [-0.4, -0.2) is 29.4 Å². The smallest absolute Gasteiger partial charge is 0.322 e. The van der Waals surface area contributed by atoms with Crippen LogP contribution >= 0.6 is 0 Å². The summed E-state index contributed by atoms with van der Waals surface area (Å²) in [5.41, 5.74) is 2.29. The van der Waals surface area contributed by atoms with Crippen LogP contribution in [0.1, 0.15) is 26.3 Å². The van der Waals surface area contributed by atoms with Crippen molar-refractivity contribution in [3.63, 3.8) is 0 Å². The monoisotopic (exact) mass is 312 g/mol. The Labute approximate surface area is 133 Å². The molecule has 0 heterocycles. The van der Waals surface area contributed by atoms with Gasteiger partial charge in [0.15, 0.2) is 0 Å². The van der Waals surface area contributed by atoms with Crippen molar-refractivity contribution in [3.8, 4) is 0 Å². The summed E-state index contributed by atoms with van der Waals surface area (Å²) in [4.78, 5) is 34.4. The Morgan fingerprint density at radius 1 is 0.957 bits per heavy atom. The van der Waals surface area contributed by atoms with Crippen molar-refractivity contribution in [2.24, 2.45) is 0 Å². The molecule has 118 valence electrons. The van der Waals surface area contributed by atoms with E-state index in [1.165, 1.54) is 6.07 Å². The van der Waals surface area contributed by atoms with Crippen molar-refractivity contribution >= 4 is 23.5 Å². The lowest BCUT2D eigenvalue weighted by molar-refractivity contribution is -0.135. The first-order chi connectivity index (χ1) is 11.0. The van der Waals surface area contributed by atoms with E-state index >= 15 is 0 Å². The molecule has 0 atom stereocenters. The number of benzene rings is 2. The molecule has 0 unspecified atom stereocenters. The van der Waals surface area contributed by atoms with Gasteiger partial charge in [-0.3, -0.25) is 14.4 Å². The Morgan fingerprint density at radius 3 is 2.30 bits per heavy atom. The third-order valence-corrected chi connectivity index (χ3v) is 3.10. The molecule has 2 amide bonds. The molecule has 0 spiro atoms. The molecule has 0 fully saturated rings. The molecule has 0 aliphatic carbocycles. The number of carbonyl (C=O) groups is 3. The normalized spacial score (nSPS) is 9.96. The predicted octanol–water partition coefficient (Wildman–Crippen LogP) is 2.06. The van der Waals surface area contributed by atoms with Gasteiger partial charge < -0.3 is 15.7 Å². The van der Waals surface area contributed by atoms with Crippen molar-refractivity contribution in [2.45, 2.75) is 6.92 Å². The van der Waals surface area contributed by atoms with Crippen LogP contribution in [0.4, 0.5) is 5.69 Å². The fraction of sp³-hybridized carbons (Fsp3) is 0.118. The van der Waals surface area contributed by atoms with Crippen LogP contribution in [0.3, 0.4) is 0 Å². The van der Waals surface area contributed by atoms with E-state index < -0.39 is 18.4 Å². The van der Waals surface area contributed by atoms with E-state index in [0.29, 0.717) is 11.3 Å². The molecule has 6 nitrogen and oxygen atoms in total. The number of hydrogen-bond acceptors (Lipinski definition) is 3. The maximum absolute atomic E-state index is 12.1. The summed E-state index contributed by atoms with van der Waals surface area (Å²) >= 11 is 0. The number of aryl methyl sites for hydroxylation is 1. The summed E-state index contributed by atoms with van der Waals surface area (Å²) in [5.74, 6) is -1.92. The van der Waals surface area contributed by atoms with Gasteiger partial charge in [0.25, 0.3) is 11.8 Å². The zero-order chi connectivity index (χ0) is 16.8. The van der Waals surface area contributed by atoms with Crippen LogP contribution in [-0.2, 0) is 4.79 Å². The molecule has 2 rings (SSSR count). The third kappa shape index (κ3) is 4.67. The zero-order valence-corrected chi connectivity index (χ0v) is 12.5. The Bertz CT molecular complexity index is 739. The Kier molecular flexibility index (Phi) is 5.09. The number of carbonyl (C=O) groups excluding carboxylic acids is 2. The van der Waals surface area contributed by atoms with E-state index in [1.54, 1.807) is 30.3 Å². The molecule has 3 N–H and O–H groups in total. The first-order valence-electron chi connectivity index (χ1n) is 6.94. The molecule has 0 aliphatic rings. The van der Waals surface area contributed by atoms with Gasteiger partial charge in [0, 0.05) is 16.8 Å². The largest absolute Gasteiger partial charge is 0.480 e. The third-order valence-electron chi connectivity index (χ3n) is 3.10. The Balaban J connectivity index is 2.07. The van der Waals surface area contributed by atoms with Crippen LogP contribution in [0, 0.1) is 6.92 Å². The van der Waals surface area contributed by atoms with E-state index in [2.05, 4.69) is 10.6 Å². The van der Waals surface area contributed by atoms with Crippen molar-refractivity contribution in [2.75, 3.05) is 11.9 Å². The number of aliphatic carboxylic acids is 1. The van der Waals surface area contributed by atoms with Gasteiger partial charge in [0.1, 0.15) is 6.54 Å². The van der Waals surface area contributed by atoms with Crippen LogP contribution < -0.4 is 10.6 Å². The highest BCUT2D eigenvalue weighted by atomic mass is 16.4. The second kappa shape index (κ2) is 7.22. The van der Waals surface area contributed by atoms with Crippen LogP contribution in [0.5, 0.6) is 0 Å². The van der Waals surface area contributed by atoms with E-state index in [0.717, 1.165) is 5.56 Å². The topological polar surface area (TPSA) is 95.5 Å². The van der Waals surface area contributed by atoms with Gasteiger partial charge in [0.2, 0.25) is 0 Å². The van der Waals surface area contributed by atoms with Gasteiger partial charge in [0.05, 0.1) is 0 Å². The maximum Gasteiger partial charge on any atom is 0.322 e. The van der Waals surface area contributed by atoms with Crippen molar-refractivity contribution in [3.05, 3.63) is 65.2 Å². The van der Waals surface area contributed by atoms with E-state index in [4.69, 9.17) is 5.11 Å².